The molecule has 0 saturated heterocycles. The molecule has 0 unspecified atom stereocenters. The number of amides is 1. The summed E-state index contributed by atoms with van der Waals surface area (Å²) in [5.74, 6) is -3.65. The van der Waals surface area contributed by atoms with E-state index in [0.29, 0.717) is 4.90 Å². The van der Waals surface area contributed by atoms with Crippen LogP contribution in [0.4, 0.5) is 8.78 Å². The van der Waals surface area contributed by atoms with Crippen molar-refractivity contribution >= 4 is 37.5 Å². The van der Waals surface area contributed by atoms with E-state index in [4.69, 9.17) is 26.0 Å². The second-order valence-corrected chi connectivity index (χ2v) is 8.74. The standard InChI is InChI=1S/C18H19F2N4O5PS/c1-10(17(25)24-18(21)22)6-11-7-14(19)16(15(20)8-11)29-12-2-4-13(5-3-12)31-23-9-30(26,27)28/h2-8,23H,9H2,1H3,(H2,26,27,28)(H4,21,22,24,25)/b10-6+. The van der Waals surface area contributed by atoms with Crippen molar-refractivity contribution in [2.45, 2.75) is 11.8 Å². The van der Waals surface area contributed by atoms with E-state index in [0.717, 1.165) is 24.1 Å². The summed E-state index contributed by atoms with van der Waals surface area (Å²) in [7, 11) is -4.17. The molecule has 0 radical (unpaired) electrons. The highest BCUT2D eigenvalue weighted by Gasteiger charge is 2.15. The lowest BCUT2D eigenvalue weighted by Gasteiger charge is -2.10. The molecule has 166 valence electrons. The molecule has 2 rings (SSSR count). The molecule has 0 atom stereocenters. The van der Waals surface area contributed by atoms with Gasteiger partial charge in [0.1, 0.15) is 12.0 Å². The van der Waals surface area contributed by atoms with E-state index in [1.165, 1.54) is 37.3 Å². The summed E-state index contributed by atoms with van der Waals surface area (Å²) in [6.45, 7) is 1.39. The molecule has 0 aliphatic carbocycles. The van der Waals surface area contributed by atoms with Gasteiger partial charge in [0.2, 0.25) is 0 Å². The number of nitrogens with zero attached hydrogens (tertiary/aromatic N) is 1. The van der Waals surface area contributed by atoms with Gasteiger partial charge in [-0.2, -0.15) is 4.99 Å². The van der Waals surface area contributed by atoms with Crippen molar-refractivity contribution in [2.75, 3.05) is 6.29 Å². The molecule has 7 N–H and O–H groups in total. The van der Waals surface area contributed by atoms with Crippen LogP contribution in [-0.4, -0.2) is 27.9 Å². The largest absolute Gasteiger partial charge is 0.451 e. The predicted molar refractivity (Wildman–Crippen MR) is 113 cm³/mol. The Morgan fingerprint density at radius 2 is 1.81 bits per heavy atom. The van der Waals surface area contributed by atoms with Crippen LogP contribution in [0.1, 0.15) is 12.5 Å². The van der Waals surface area contributed by atoms with Crippen molar-refractivity contribution in [1.29, 1.82) is 0 Å². The van der Waals surface area contributed by atoms with Crippen molar-refractivity contribution in [3.05, 3.63) is 59.2 Å². The van der Waals surface area contributed by atoms with Crippen LogP contribution in [-0.2, 0) is 9.36 Å². The molecule has 0 aromatic heterocycles. The Balaban J connectivity index is 2.11. The molecule has 0 heterocycles. The number of guanidine groups is 1. The number of carbonyl (C=O) groups excluding carboxylic acids is 1. The first-order chi connectivity index (χ1) is 14.4. The Bertz CT molecular complexity index is 1050. The van der Waals surface area contributed by atoms with Gasteiger partial charge < -0.3 is 26.0 Å². The zero-order chi connectivity index (χ0) is 23.2. The third-order valence-electron chi connectivity index (χ3n) is 3.48. The molecular formula is C18H19F2N4O5PS. The van der Waals surface area contributed by atoms with Gasteiger partial charge >= 0.3 is 7.60 Å². The highest BCUT2D eigenvalue weighted by Crippen LogP contribution is 2.34. The zero-order valence-corrected chi connectivity index (χ0v) is 17.8. The number of halogens is 2. The number of benzene rings is 2. The van der Waals surface area contributed by atoms with E-state index in [-0.39, 0.29) is 16.9 Å². The smallest absolute Gasteiger partial charge is 0.340 e. The first-order valence-electron chi connectivity index (χ1n) is 8.48. The lowest BCUT2D eigenvalue weighted by atomic mass is 10.1. The minimum Gasteiger partial charge on any atom is -0.451 e. The molecule has 0 spiro atoms. The van der Waals surface area contributed by atoms with Crippen molar-refractivity contribution < 1.29 is 32.7 Å². The highest BCUT2D eigenvalue weighted by atomic mass is 32.2. The maximum Gasteiger partial charge on any atom is 0.340 e. The van der Waals surface area contributed by atoms with Gasteiger partial charge in [0, 0.05) is 10.5 Å². The van der Waals surface area contributed by atoms with Crippen LogP contribution >= 0.6 is 19.5 Å². The third-order valence-corrected chi connectivity index (χ3v) is 5.06. The first kappa shape index (κ1) is 24.5. The molecule has 1 amide bonds. The normalized spacial score (nSPS) is 11.8. The lowest BCUT2D eigenvalue weighted by Crippen LogP contribution is -2.24. The Morgan fingerprint density at radius 3 is 2.32 bits per heavy atom. The van der Waals surface area contributed by atoms with Crippen LogP contribution in [0, 0.1) is 11.6 Å². The summed E-state index contributed by atoms with van der Waals surface area (Å²) in [6, 6.07) is 7.93. The number of nitrogens with one attached hydrogen (secondary N) is 1. The minimum absolute atomic E-state index is 0.0707. The number of nitrogens with two attached hydrogens (primary N) is 2. The van der Waals surface area contributed by atoms with Crippen molar-refractivity contribution in [3.63, 3.8) is 0 Å². The SMILES string of the molecule is C/C(=C\c1cc(F)c(Oc2ccc(SNCP(=O)(O)O)cc2)c(F)c1)C(=O)N=C(N)N. The summed E-state index contributed by atoms with van der Waals surface area (Å²) >= 11 is 0.977. The third kappa shape index (κ3) is 8.12. The minimum atomic E-state index is -4.17. The van der Waals surface area contributed by atoms with Crippen molar-refractivity contribution in [3.8, 4) is 11.5 Å². The second kappa shape index (κ2) is 10.5. The highest BCUT2D eigenvalue weighted by molar-refractivity contribution is 7.97. The number of carbonyl (C=O) groups is 1. The molecule has 2 aromatic carbocycles. The molecule has 31 heavy (non-hydrogen) atoms. The maximum atomic E-state index is 14.4. The van der Waals surface area contributed by atoms with Crippen LogP contribution < -0.4 is 20.9 Å². The first-order valence-corrected chi connectivity index (χ1v) is 11.1. The lowest BCUT2D eigenvalue weighted by molar-refractivity contribution is -0.114. The van der Waals surface area contributed by atoms with Gasteiger partial charge in [0.25, 0.3) is 5.91 Å². The van der Waals surface area contributed by atoms with Crippen LogP contribution in [0.15, 0.2) is 51.9 Å². The van der Waals surface area contributed by atoms with Gasteiger partial charge in [-0.3, -0.25) is 9.36 Å². The number of hydrogen-bond donors (Lipinski definition) is 5. The maximum absolute atomic E-state index is 14.4. The fourth-order valence-corrected chi connectivity index (χ4v) is 3.54. The molecule has 0 saturated carbocycles. The Labute approximate surface area is 180 Å². The van der Waals surface area contributed by atoms with Crippen LogP contribution in [0.25, 0.3) is 6.08 Å². The van der Waals surface area contributed by atoms with Gasteiger partial charge in [-0.25, -0.2) is 13.5 Å². The van der Waals surface area contributed by atoms with Gasteiger partial charge in [0.05, 0.1) is 0 Å². The average Bonchev–Trinajstić information content (AvgIpc) is 2.64. The fraction of sp³-hybridized carbons (Fsp3) is 0.111. The Morgan fingerprint density at radius 1 is 1.23 bits per heavy atom. The summed E-state index contributed by atoms with van der Waals surface area (Å²) in [5.41, 5.74) is 10.4. The number of aliphatic imine (C=N–C) groups is 1. The van der Waals surface area contributed by atoms with Gasteiger partial charge in [-0.1, -0.05) is 0 Å². The van der Waals surface area contributed by atoms with Gasteiger partial charge in [-0.15, -0.1) is 0 Å². The van der Waals surface area contributed by atoms with E-state index in [2.05, 4.69) is 9.71 Å². The molecule has 0 fully saturated rings. The summed E-state index contributed by atoms with van der Waals surface area (Å²) in [6.07, 6.45) is 0.714. The molecular weight excluding hydrogens is 453 g/mol. The monoisotopic (exact) mass is 472 g/mol. The second-order valence-electron chi connectivity index (χ2n) is 6.13. The van der Waals surface area contributed by atoms with E-state index in [1.54, 1.807) is 0 Å². The summed E-state index contributed by atoms with van der Waals surface area (Å²) in [4.78, 5) is 33.2. The molecule has 13 heteroatoms. The number of hydrogen-bond acceptors (Lipinski definition) is 5. The molecule has 0 aliphatic heterocycles. The van der Waals surface area contributed by atoms with E-state index in [9.17, 15) is 18.1 Å². The average molecular weight is 472 g/mol. The Kier molecular flexibility index (Phi) is 8.31. The molecule has 0 aliphatic rings. The van der Waals surface area contributed by atoms with Crippen LogP contribution in [0.3, 0.4) is 0 Å². The van der Waals surface area contributed by atoms with Crippen molar-refractivity contribution in [2.24, 2.45) is 16.5 Å². The zero-order valence-electron chi connectivity index (χ0n) is 16.1. The molecule has 0 bridgehead atoms. The molecule has 2 aromatic rings. The van der Waals surface area contributed by atoms with Crippen molar-refractivity contribution in [1.82, 2.24) is 4.72 Å². The van der Waals surface area contributed by atoms with Gasteiger partial charge in [-0.05, 0) is 66.9 Å². The van der Waals surface area contributed by atoms with Crippen LogP contribution in [0.2, 0.25) is 0 Å². The number of rotatable bonds is 8. The summed E-state index contributed by atoms with van der Waals surface area (Å²) in [5, 5.41) is 0. The fourth-order valence-electron chi connectivity index (χ4n) is 2.17. The van der Waals surface area contributed by atoms with Gasteiger partial charge in [0.15, 0.2) is 23.3 Å². The number of ether oxygens (including phenoxy) is 1. The van der Waals surface area contributed by atoms with E-state index < -0.39 is 43.1 Å². The topological polar surface area (TPSA) is 160 Å². The quantitative estimate of drug-likeness (QED) is 0.128. The van der Waals surface area contributed by atoms with E-state index >= 15 is 0 Å². The van der Waals surface area contributed by atoms with Crippen LogP contribution in [0.5, 0.6) is 11.5 Å². The predicted octanol–water partition coefficient (Wildman–Crippen LogP) is 2.69. The Hall–Kier alpha value is -2.76. The summed E-state index contributed by atoms with van der Waals surface area (Å²) < 4.78 is 47.3. The van der Waals surface area contributed by atoms with E-state index in [1.807, 2.05) is 0 Å². The molecule has 9 nitrogen and oxygen atoms in total.